The quantitative estimate of drug-likeness (QED) is 0.590. The van der Waals surface area contributed by atoms with Crippen LogP contribution in [0.15, 0.2) is 54.6 Å². The van der Waals surface area contributed by atoms with Crippen LogP contribution in [0.3, 0.4) is 0 Å². The molecule has 0 unspecified atom stereocenters. The highest BCUT2D eigenvalue weighted by molar-refractivity contribution is 6.05. The summed E-state index contributed by atoms with van der Waals surface area (Å²) in [7, 11) is 0. The molecule has 3 aromatic rings. The Morgan fingerprint density at radius 2 is 1.59 bits per heavy atom. The first-order valence-corrected chi connectivity index (χ1v) is 7.52. The number of fused-ring (bicyclic) bond motifs is 8. The largest absolute Gasteiger partial charge is 0.488 e. The number of rotatable bonds is 0. The molecule has 0 spiro atoms. The summed E-state index contributed by atoms with van der Waals surface area (Å²) in [5.41, 5.74) is 4.69. The van der Waals surface area contributed by atoms with E-state index in [1.165, 1.54) is 16.5 Å². The Hall–Kier alpha value is -2.74. The molecule has 3 aromatic carbocycles. The van der Waals surface area contributed by atoms with Crippen LogP contribution in [0, 0.1) is 0 Å². The van der Waals surface area contributed by atoms with Gasteiger partial charge in [-0.05, 0) is 22.6 Å². The topological polar surface area (TPSA) is 18.5 Å². The summed E-state index contributed by atoms with van der Waals surface area (Å²) in [5.74, 6) is 1.90. The Labute approximate surface area is 128 Å². The summed E-state index contributed by atoms with van der Waals surface area (Å²) >= 11 is 0. The van der Waals surface area contributed by atoms with Crippen molar-refractivity contribution in [1.29, 1.82) is 0 Å². The van der Waals surface area contributed by atoms with Crippen LogP contribution in [0.2, 0.25) is 0 Å². The van der Waals surface area contributed by atoms with E-state index < -0.39 is 0 Å². The first kappa shape index (κ1) is 11.9. The maximum Gasteiger partial charge on any atom is 0.139 e. The van der Waals surface area contributed by atoms with Gasteiger partial charge in [0.05, 0.1) is 5.56 Å². The van der Waals surface area contributed by atoms with Crippen LogP contribution in [0.4, 0.5) is 0 Å². The molecule has 2 aliphatic heterocycles. The van der Waals surface area contributed by atoms with E-state index >= 15 is 0 Å². The van der Waals surface area contributed by atoms with Crippen LogP contribution in [0.5, 0.6) is 11.5 Å². The molecule has 0 radical (unpaired) electrons. The van der Waals surface area contributed by atoms with Gasteiger partial charge >= 0.3 is 0 Å². The average Bonchev–Trinajstić information content (AvgIpc) is 2.61. The van der Waals surface area contributed by atoms with E-state index in [1.54, 1.807) is 0 Å². The van der Waals surface area contributed by atoms with Gasteiger partial charge in [0.15, 0.2) is 0 Å². The Morgan fingerprint density at radius 3 is 2.55 bits per heavy atom. The monoisotopic (exact) mass is 286 g/mol. The molecule has 0 aliphatic carbocycles. The van der Waals surface area contributed by atoms with E-state index in [0.717, 1.165) is 28.0 Å². The van der Waals surface area contributed by atoms with E-state index in [0.29, 0.717) is 13.2 Å². The lowest BCUT2D eigenvalue weighted by Crippen LogP contribution is -2.10. The summed E-state index contributed by atoms with van der Waals surface area (Å²) in [5, 5.41) is 2.34. The second kappa shape index (κ2) is 4.38. The molecule has 22 heavy (non-hydrogen) atoms. The molecule has 0 aromatic heterocycles. The van der Waals surface area contributed by atoms with Crippen molar-refractivity contribution in [3.8, 4) is 22.6 Å². The van der Waals surface area contributed by atoms with Gasteiger partial charge in [-0.25, -0.2) is 0 Å². The second-order valence-electron chi connectivity index (χ2n) is 5.65. The lowest BCUT2D eigenvalue weighted by Gasteiger charge is -2.27. The summed E-state index contributed by atoms with van der Waals surface area (Å²) in [6, 6.07) is 16.8. The van der Waals surface area contributed by atoms with Crippen LogP contribution in [-0.2, 0) is 6.61 Å². The fourth-order valence-electron chi connectivity index (χ4n) is 3.46. The first-order valence-electron chi connectivity index (χ1n) is 7.52. The fraction of sp³-hybridized carbons (Fsp3) is 0.100. The molecule has 106 valence electrons. The average molecular weight is 286 g/mol. The predicted molar refractivity (Wildman–Crippen MR) is 88.2 cm³/mol. The smallest absolute Gasteiger partial charge is 0.139 e. The standard InChI is InChI=1S/C20H14O2/c1-2-7-14-13(6-1)12-22-20-16-9-4-3-8-15(16)17-10-5-11-21-19(17)18(14)20/h1-10H,11-12H2. The Kier molecular flexibility index (Phi) is 2.36. The van der Waals surface area contributed by atoms with Gasteiger partial charge in [0.2, 0.25) is 0 Å². The molecule has 2 aliphatic rings. The fourth-order valence-corrected chi connectivity index (χ4v) is 3.46. The lowest BCUT2D eigenvalue weighted by molar-refractivity contribution is 0.301. The van der Waals surface area contributed by atoms with Gasteiger partial charge in [-0.1, -0.05) is 54.6 Å². The maximum atomic E-state index is 6.13. The zero-order valence-electron chi connectivity index (χ0n) is 12.0. The normalized spacial score (nSPS) is 14.5. The summed E-state index contributed by atoms with van der Waals surface area (Å²) in [4.78, 5) is 0. The number of hydrogen-bond acceptors (Lipinski definition) is 2. The van der Waals surface area contributed by atoms with Crippen molar-refractivity contribution < 1.29 is 9.47 Å². The zero-order valence-corrected chi connectivity index (χ0v) is 12.0. The van der Waals surface area contributed by atoms with E-state index in [-0.39, 0.29) is 0 Å². The van der Waals surface area contributed by atoms with Gasteiger partial charge in [-0.3, -0.25) is 0 Å². The minimum atomic E-state index is 0.611. The molecule has 0 N–H and O–H groups in total. The zero-order chi connectivity index (χ0) is 14.5. The highest BCUT2D eigenvalue weighted by Gasteiger charge is 2.27. The molecule has 0 bridgehead atoms. The molecule has 2 nitrogen and oxygen atoms in total. The van der Waals surface area contributed by atoms with Gasteiger partial charge in [-0.15, -0.1) is 0 Å². The highest BCUT2D eigenvalue weighted by Crippen LogP contribution is 2.51. The SMILES string of the molecule is C1=Cc2c(c3c(c4ccccc24)OCc2ccccc2-3)OC1. The maximum absolute atomic E-state index is 6.13. The third-order valence-corrected chi connectivity index (χ3v) is 4.43. The van der Waals surface area contributed by atoms with Crippen molar-refractivity contribution >= 4 is 16.8 Å². The molecular formula is C20H14O2. The van der Waals surface area contributed by atoms with E-state index in [1.807, 2.05) is 0 Å². The van der Waals surface area contributed by atoms with Gasteiger partial charge in [0.25, 0.3) is 0 Å². The van der Waals surface area contributed by atoms with Crippen molar-refractivity contribution in [2.75, 3.05) is 6.61 Å². The van der Waals surface area contributed by atoms with Crippen molar-refractivity contribution in [2.24, 2.45) is 0 Å². The van der Waals surface area contributed by atoms with Gasteiger partial charge in [-0.2, -0.15) is 0 Å². The van der Waals surface area contributed by atoms with Crippen LogP contribution >= 0.6 is 0 Å². The third kappa shape index (κ3) is 1.49. The first-order chi connectivity index (χ1) is 10.9. The van der Waals surface area contributed by atoms with Crippen molar-refractivity contribution in [3.05, 3.63) is 65.7 Å². The second-order valence-corrected chi connectivity index (χ2v) is 5.65. The van der Waals surface area contributed by atoms with E-state index in [2.05, 4.69) is 60.7 Å². The molecule has 5 rings (SSSR count). The van der Waals surface area contributed by atoms with Gasteiger partial charge in [0, 0.05) is 10.9 Å². The molecule has 2 heterocycles. The third-order valence-electron chi connectivity index (χ3n) is 4.43. The number of benzene rings is 3. The minimum Gasteiger partial charge on any atom is -0.488 e. The van der Waals surface area contributed by atoms with Crippen molar-refractivity contribution in [3.63, 3.8) is 0 Å². The van der Waals surface area contributed by atoms with Crippen molar-refractivity contribution in [1.82, 2.24) is 0 Å². The summed E-state index contributed by atoms with van der Waals surface area (Å²) in [6.07, 6.45) is 4.23. The lowest BCUT2D eigenvalue weighted by atomic mass is 9.89. The Balaban J connectivity index is 1.99. The van der Waals surface area contributed by atoms with Crippen LogP contribution in [0.25, 0.3) is 28.0 Å². The van der Waals surface area contributed by atoms with E-state index in [4.69, 9.17) is 9.47 Å². The summed E-state index contributed by atoms with van der Waals surface area (Å²) < 4.78 is 12.1. The minimum absolute atomic E-state index is 0.611. The molecule has 0 saturated carbocycles. The van der Waals surface area contributed by atoms with Gasteiger partial charge < -0.3 is 9.47 Å². The molecule has 0 amide bonds. The number of hydrogen-bond donors (Lipinski definition) is 0. The molecule has 0 atom stereocenters. The molecule has 2 heteroatoms. The van der Waals surface area contributed by atoms with Gasteiger partial charge in [0.1, 0.15) is 24.7 Å². The van der Waals surface area contributed by atoms with Crippen LogP contribution < -0.4 is 9.47 Å². The van der Waals surface area contributed by atoms with Crippen LogP contribution in [0.1, 0.15) is 11.1 Å². The number of ether oxygens (including phenoxy) is 2. The Morgan fingerprint density at radius 1 is 0.773 bits per heavy atom. The molecule has 0 fully saturated rings. The highest BCUT2D eigenvalue weighted by atomic mass is 16.5. The van der Waals surface area contributed by atoms with Crippen molar-refractivity contribution in [2.45, 2.75) is 6.61 Å². The van der Waals surface area contributed by atoms with Crippen LogP contribution in [-0.4, -0.2) is 6.61 Å². The Bertz CT molecular complexity index is 938. The predicted octanol–water partition coefficient (Wildman–Crippen LogP) is 4.80. The molecule has 0 saturated heterocycles. The summed E-state index contributed by atoms with van der Waals surface area (Å²) in [6.45, 7) is 1.22. The molecular weight excluding hydrogens is 272 g/mol. The van der Waals surface area contributed by atoms with E-state index in [9.17, 15) is 0 Å².